The van der Waals surface area contributed by atoms with E-state index in [4.69, 9.17) is 0 Å². The van der Waals surface area contributed by atoms with Crippen LogP contribution >= 0.6 is 15.9 Å². The van der Waals surface area contributed by atoms with E-state index in [1.807, 2.05) is 0 Å². The standard InChI is InChI=1S/C15H17BrFNO2/c16-12-4-5-13(17)11(9-12)3-6-14(19)18-10-15(20)7-1-2-8-15/h3-6,9,20H,1-2,7-8,10H2,(H,18,19). The Hall–Kier alpha value is -1.20. The highest BCUT2D eigenvalue weighted by Gasteiger charge is 2.30. The molecule has 1 aromatic carbocycles. The Morgan fingerprint density at radius 3 is 2.85 bits per heavy atom. The lowest BCUT2D eigenvalue weighted by molar-refractivity contribution is -0.117. The molecule has 0 heterocycles. The van der Waals surface area contributed by atoms with Crippen LogP contribution in [-0.4, -0.2) is 23.2 Å². The Kier molecular flexibility index (Phi) is 4.94. The quantitative estimate of drug-likeness (QED) is 0.827. The van der Waals surface area contributed by atoms with Crippen molar-refractivity contribution >= 4 is 27.9 Å². The molecule has 1 aliphatic carbocycles. The summed E-state index contributed by atoms with van der Waals surface area (Å²) in [6.07, 6.45) is 6.13. The molecule has 0 unspecified atom stereocenters. The molecule has 1 amide bonds. The van der Waals surface area contributed by atoms with Gasteiger partial charge in [-0.1, -0.05) is 28.8 Å². The first-order valence-corrected chi connectivity index (χ1v) is 7.41. The highest BCUT2D eigenvalue weighted by molar-refractivity contribution is 9.10. The fraction of sp³-hybridized carbons (Fsp3) is 0.400. The van der Waals surface area contributed by atoms with Gasteiger partial charge in [-0.3, -0.25) is 4.79 Å². The van der Waals surface area contributed by atoms with Crippen LogP contribution < -0.4 is 5.32 Å². The maximum absolute atomic E-state index is 13.5. The lowest BCUT2D eigenvalue weighted by Gasteiger charge is -2.21. The van der Waals surface area contributed by atoms with Crippen LogP contribution in [0, 0.1) is 5.82 Å². The summed E-state index contributed by atoms with van der Waals surface area (Å²) in [5.74, 6) is -0.712. The minimum absolute atomic E-state index is 0.247. The van der Waals surface area contributed by atoms with E-state index in [1.165, 1.54) is 18.2 Å². The van der Waals surface area contributed by atoms with Crippen LogP contribution in [0.25, 0.3) is 6.08 Å². The Balaban J connectivity index is 1.90. The summed E-state index contributed by atoms with van der Waals surface area (Å²) >= 11 is 3.25. The van der Waals surface area contributed by atoms with Crippen LogP contribution in [0.3, 0.4) is 0 Å². The Morgan fingerprint density at radius 2 is 2.15 bits per heavy atom. The number of nitrogens with one attached hydrogen (secondary N) is 1. The summed E-state index contributed by atoms with van der Waals surface area (Å²) in [5, 5.41) is 12.8. The predicted molar refractivity (Wildman–Crippen MR) is 79.6 cm³/mol. The fourth-order valence-corrected chi connectivity index (χ4v) is 2.71. The smallest absolute Gasteiger partial charge is 0.244 e. The van der Waals surface area contributed by atoms with Crippen LogP contribution in [0.5, 0.6) is 0 Å². The molecule has 20 heavy (non-hydrogen) atoms. The molecule has 1 aromatic rings. The number of rotatable bonds is 4. The van der Waals surface area contributed by atoms with Gasteiger partial charge >= 0.3 is 0 Å². The molecule has 0 saturated heterocycles. The van der Waals surface area contributed by atoms with E-state index in [0.29, 0.717) is 5.56 Å². The monoisotopic (exact) mass is 341 g/mol. The van der Waals surface area contributed by atoms with Gasteiger partial charge in [0.25, 0.3) is 0 Å². The van der Waals surface area contributed by atoms with Crippen molar-refractivity contribution in [2.24, 2.45) is 0 Å². The van der Waals surface area contributed by atoms with E-state index < -0.39 is 5.60 Å². The molecular weight excluding hydrogens is 325 g/mol. The van der Waals surface area contributed by atoms with Crippen molar-refractivity contribution in [3.63, 3.8) is 0 Å². The van der Waals surface area contributed by atoms with Gasteiger partial charge in [0.1, 0.15) is 5.82 Å². The normalized spacial score (nSPS) is 17.6. The van der Waals surface area contributed by atoms with E-state index in [2.05, 4.69) is 21.2 Å². The van der Waals surface area contributed by atoms with Crippen molar-refractivity contribution < 1.29 is 14.3 Å². The molecule has 108 valence electrons. The predicted octanol–water partition coefficient (Wildman–Crippen LogP) is 3.02. The maximum Gasteiger partial charge on any atom is 0.244 e. The van der Waals surface area contributed by atoms with Gasteiger partial charge in [-0.15, -0.1) is 0 Å². The number of amides is 1. The fourth-order valence-electron chi connectivity index (χ4n) is 2.33. The average Bonchev–Trinajstić information content (AvgIpc) is 2.85. The van der Waals surface area contributed by atoms with Crippen molar-refractivity contribution in [1.29, 1.82) is 0 Å². The van der Waals surface area contributed by atoms with Crippen molar-refractivity contribution in [3.8, 4) is 0 Å². The summed E-state index contributed by atoms with van der Waals surface area (Å²) in [5.41, 5.74) is -0.432. The second kappa shape index (κ2) is 6.50. The zero-order valence-corrected chi connectivity index (χ0v) is 12.6. The zero-order valence-electron chi connectivity index (χ0n) is 11.0. The minimum Gasteiger partial charge on any atom is -0.388 e. The molecule has 1 saturated carbocycles. The number of carbonyl (C=O) groups is 1. The SMILES string of the molecule is O=C(C=Cc1cc(Br)ccc1F)NCC1(O)CCCC1. The molecule has 0 radical (unpaired) electrons. The van der Waals surface area contributed by atoms with Gasteiger partial charge in [0, 0.05) is 22.7 Å². The summed E-state index contributed by atoms with van der Waals surface area (Å²) in [4.78, 5) is 11.7. The molecule has 0 atom stereocenters. The number of halogens is 2. The molecule has 0 aromatic heterocycles. The molecule has 0 bridgehead atoms. The second-order valence-electron chi connectivity index (χ2n) is 5.15. The van der Waals surface area contributed by atoms with E-state index in [9.17, 15) is 14.3 Å². The van der Waals surface area contributed by atoms with Gasteiger partial charge in [-0.05, 0) is 37.1 Å². The van der Waals surface area contributed by atoms with E-state index in [-0.39, 0.29) is 18.3 Å². The first-order chi connectivity index (χ1) is 9.48. The molecule has 2 rings (SSSR count). The highest BCUT2D eigenvalue weighted by Crippen LogP contribution is 2.28. The van der Waals surface area contributed by atoms with E-state index >= 15 is 0 Å². The number of benzene rings is 1. The Labute approximate surface area is 126 Å². The lowest BCUT2D eigenvalue weighted by atomic mass is 10.0. The zero-order chi connectivity index (χ0) is 14.6. The van der Waals surface area contributed by atoms with Crippen molar-refractivity contribution in [2.75, 3.05) is 6.54 Å². The third-order valence-electron chi connectivity index (χ3n) is 3.50. The number of hydrogen-bond donors (Lipinski definition) is 2. The van der Waals surface area contributed by atoms with Gasteiger partial charge in [0.15, 0.2) is 0 Å². The Morgan fingerprint density at radius 1 is 1.45 bits per heavy atom. The molecule has 1 aliphatic rings. The first-order valence-electron chi connectivity index (χ1n) is 6.62. The molecule has 2 N–H and O–H groups in total. The van der Waals surface area contributed by atoms with Gasteiger partial charge in [-0.25, -0.2) is 4.39 Å². The van der Waals surface area contributed by atoms with Crippen LogP contribution in [-0.2, 0) is 4.79 Å². The molecule has 0 spiro atoms. The van der Waals surface area contributed by atoms with Crippen LogP contribution in [0.1, 0.15) is 31.2 Å². The largest absolute Gasteiger partial charge is 0.388 e. The molecule has 0 aliphatic heterocycles. The van der Waals surface area contributed by atoms with Gasteiger partial charge in [-0.2, -0.15) is 0 Å². The number of hydrogen-bond acceptors (Lipinski definition) is 2. The van der Waals surface area contributed by atoms with Crippen molar-refractivity contribution in [2.45, 2.75) is 31.3 Å². The topological polar surface area (TPSA) is 49.3 Å². The summed E-state index contributed by atoms with van der Waals surface area (Å²) in [6, 6.07) is 4.54. The lowest BCUT2D eigenvalue weighted by Crippen LogP contribution is -2.40. The van der Waals surface area contributed by atoms with Gasteiger partial charge in [0.05, 0.1) is 5.60 Å². The Bertz CT molecular complexity index is 525. The molecular formula is C15H17BrFNO2. The summed E-state index contributed by atoms with van der Waals surface area (Å²) < 4.78 is 14.2. The second-order valence-corrected chi connectivity index (χ2v) is 6.06. The third-order valence-corrected chi connectivity index (χ3v) is 3.99. The number of aliphatic hydroxyl groups is 1. The van der Waals surface area contributed by atoms with Crippen LogP contribution in [0.15, 0.2) is 28.7 Å². The average molecular weight is 342 g/mol. The minimum atomic E-state index is -0.773. The molecule has 3 nitrogen and oxygen atoms in total. The molecule has 1 fully saturated rings. The van der Waals surface area contributed by atoms with Gasteiger partial charge < -0.3 is 10.4 Å². The van der Waals surface area contributed by atoms with E-state index in [0.717, 1.165) is 30.2 Å². The van der Waals surface area contributed by atoms with E-state index in [1.54, 1.807) is 12.1 Å². The highest BCUT2D eigenvalue weighted by atomic mass is 79.9. The number of carbonyl (C=O) groups excluding carboxylic acids is 1. The van der Waals surface area contributed by atoms with Crippen LogP contribution in [0.2, 0.25) is 0 Å². The first kappa shape index (κ1) is 15.2. The van der Waals surface area contributed by atoms with Crippen molar-refractivity contribution in [3.05, 3.63) is 40.1 Å². The summed E-state index contributed by atoms with van der Waals surface area (Å²) in [7, 11) is 0. The summed E-state index contributed by atoms with van der Waals surface area (Å²) in [6.45, 7) is 0.247. The third kappa shape index (κ3) is 4.15. The maximum atomic E-state index is 13.5. The van der Waals surface area contributed by atoms with Crippen LogP contribution in [0.4, 0.5) is 4.39 Å². The van der Waals surface area contributed by atoms with Gasteiger partial charge in [0.2, 0.25) is 5.91 Å². The van der Waals surface area contributed by atoms with Crippen molar-refractivity contribution in [1.82, 2.24) is 5.32 Å². The molecule has 5 heteroatoms.